The molecular weight excluding hydrogens is 592 g/mol. The number of carbonyl (C=O) groups excluding carboxylic acids is 1. The maximum Gasteiger partial charge on any atom is 0.262 e. The highest BCUT2D eigenvalue weighted by atomic mass is 35.5. The van der Waals surface area contributed by atoms with E-state index in [1.54, 1.807) is 13.2 Å². The lowest BCUT2D eigenvalue weighted by Crippen LogP contribution is -2.53. The minimum absolute atomic E-state index is 0.0516. The van der Waals surface area contributed by atoms with Gasteiger partial charge in [0.15, 0.2) is 0 Å². The maximum absolute atomic E-state index is 14.8. The van der Waals surface area contributed by atoms with Gasteiger partial charge in [-0.1, -0.05) is 42.3 Å². The molecule has 3 aliphatic rings. The average Bonchev–Trinajstić information content (AvgIpc) is 3.62. The van der Waals surface area contributed by atoms with Gasteiger partial charge in [0.25, 0.3) is 11.5 Å². The summed E-state index contributed by atoms with van der Waals surface area (Å²) in [6.07, 6.45) is 9.42. The molecule has 0 spiro atoms. The average molecular weight is 631 g/mol. The summed E-state index contributed by atoms with van der Waals surface area (Å²) in [4.78, 5) is 36.3. The molecule has 6 rings (SSSR count). The van der Waals surface area contributed by atoms with Crippen LogP contribution < -0.4 is 10.9 Å². The van der Waals surface area contributed by atoms with Crippen LogP contribution >= 0.6 is 22.9 Å². The Bertz CT molecular complexity index is 1740. The molecule has 2 saturated heterocycles. The lowest BCUT2D eigenvalue weighted by atomic mass is 9.81. The normalized spacial score (nSPS) is 22.8. The van der Waals surface area contributed by atoms with Gasteiger partial charge in [-0.3, -0.25) is 14.2 Å². The summed E-state index contributed by atoms with van der Waals surface area (Å²) in [5.41, 5.74) is 4.42. The van der Waals surface area contributed by atoms with Gasteiger partial charge in [-0.25, -0.2) is 4.98 Å². The van der Waals surface area contributed by atoms with Crippen molar-refractivity contribution < 1.29 is 9.53 Å². The number of ether oxygens (including phenoxy) is 1. The van der Waals surface area contributed by atoms with Gasteiger partial charge in [-0.05, 0) is 76.0 Å². The van der Waals surface area contributed by atoms with Crippen molar-refractivity contribution in [3.63, 3.8) is 0 Å². The lowest BCUT2D eigenvalue weighted by molar-refractivity contribution is 0.0695. The second kappa shape index (κ2) is 12.1. The molecule has 3 aromatic rings. The van der Waals surface area contributed by atoms with Crippen molar-refractivity contribution in [2.45, 2.75) is 71.0 Å². The van der Waals surface area contributed by atoms with E-state index < -0.39 is 5.54 Å². The number of rotatable bonds is 7. The van der Waals surface area contributed by atoms with Crippen LogP contribution in [0.4, 0.5) is 0 Å². The first kappa shape index (κ1) is 30.6. The van der Waals surface area contributed by atoms with Gasteiger partial charge in [-0.2, -0.15) is 0 Å². The third kappa shape index (κ3) is 5.59. The van der Waals surface area contributed by atoms with E-state index in [1.807, 2.05) is 65.1 Å². The number of halogens is 1. The van der Waals surface area contributed by atoms with E-state index in [4.69, 9.17) is 21.3 Å². The Labute approximate surface area is 267 Å². The van der Waals surface area contributed by atoms with Gasteiger partial charge in [0, 0.05) is 47.6 Å². The quantitative estimate of drug-likeness (QED) is 0.297. The molecule has 2 fully saturated rings. The van der Waals surface area contributed by atoms with Crippen molar-refractivity contribution in [2.24, 2.45) is 0 Å². The molecule has 2 unspecified atom stereocenters. The minimum atomic E-state index is -0.753. The summed E-state index contributed by atoms with van der Waals surface area (Å²) < 4.78 is 7.58. The summed E-state index contributed by atoms with van der Waals surface area (Å²) >= 11 is 7.54. The van der Waals surface area contributed by atoms with E-state index >= 15 is 0 Å². The van der Waals surface area contributed by atoms with Crippen LogP contribution in [0, 0.1) is 0 Å². The van der Waals surface area contributed by atoms with Crippen LogP contribution in [0.15, 0.2) is 69.6 Å². The number of pyridine rings is 1. The Hall–Kier alpha value is -3.46. The fourth-order valence-electron chi connectivity index (χ4n) is 6.89. The number of benzene rings is 1. The van der Waals surface area contributed by atoms with Crippen molar-refractivity contribution in [3.05, 3.63) is 91.4 Å². The molecule has 1 N–H and O–H groups in total. The molecule has 3 atom stereocenters. The predicted molar refractivity (Wildman–Crippen MR) is 179 cm³/mol. The van der Waals surface area contributed by atoms with Crippen LogP contribution in [0.2, 0.25) is 5.02 Å². The number of piperazine rings is 1. The number of nitrogens with zero attached hydrogens (tertiary/aromatic N) is 3. The number of likely N-dealkylation sites (tertiary alicyclic amines) is 1. The second-order valence-electron chi connectivity index (χ2n) is 12.4. The molecule has 2 bridgehead atoms. The fraction of sp³-hybridized carbons (Fsp3) is 0.400. The van der Waals surface area contributed by atoms with E-state index in [0.29, 0.717) is 58.4 Å². The Morgan fingerprint density at radius 2 is 1.89 bits per heavy atom. The molecule has 2 aliphatic heterocycles. The minimum Gasteiger partial charge on any atom is -0.501 e. The van der Waals surface area contributed by atoms with Crippen LogP contribution in [0.5, 0.6) is 0 Å². The molecule has 1 amide bonds. The molecule has 230 valence electrons. The molecule has 2 aromatic heterocycles. The van der Waals surface area contributed by atoms with Crippen molar-refractivity contribution in [2.75, 3.05) is 20.2 Å². The number of amides is 1. The zero-order valence-corrected chi connectivity index (χ0v) is 27.5. The third-order valence-electron chi connectivity index (χ3n) is 9.09. The van der Waals surface area contributed by atoms with E-state index in [9.17, 15) is 9.59 Å². The molecular formula is C35H39ClN4O3S. The number of hydrogen-bond acceptors (Lipinski definition) is 6. The monoisotopic (exact) mass is 630 g/mol. The number of nitrogens with one attached hydrogen (secondary N) is 1. The Morgan fingerprint density at radius 1 is 1.18 bits per heavy atom. The van der Waals surface area contributed by atoms with Crippen molar-refractivity contribution in [1.82, 2.24) is 19.8 Å². The number of fused-ring (bicyclic) bond motifs is 2. The first-order valence-corrected chi connectivity index (χ1v) is 16.5. The predicted octanol–water partition coefficient (Wildman–Crippen LogP) is 7.28. The van der Waals surface area contributed by atoms with E-state index in [-0.39, 0.29) is 11.5 Å². The van der Waals surface area contributed by atoms with Crippen LogP contribution in [0.1, 0.15) is 69.4 Å². The topological polar surface area (TPSA) is 76.5 Å². The van der Waals surface area contributed by atoms with Crippen LogP contribution in [-0.4, -0.2) is 52.6 Å². The van der Waals surface area contributed by atoms with Crippen LogP contribution in [0.25, 0.3) is 27.9 Å². The Balaban J connectivity index is 1.59. The fourth-order valence-corrected chi connectivity index (χ4v) is 7.85. The SMILES string of the molecule is CCC1=CC=C(OC)C[C@]1(C)n1c(C=C(C)C)c(C(=O)N2CC3CCC(C2)N3)cc(-c2nc(-c3ccc(Cl)cc3)cs2)c1=O. The number of carbonyl (C=O) groups is 1. The summed E-state index contributed by atoms with van der Waals surface area (Å²) in [6.45, 7) is 9.51. The molecule has 1 aliphatic carbocycles. The molecule has 4 heterocycles. The molecule has 44 heavy (non-hydrogen) atoms. The van der Waals surface area contributed by atoms with Crippen molar-refractivity contribution in [1.29, 1.82) is 0 Å². The zero-order valence-electron chi connectivity index (χ0n) is 25.9. The number of hydrogen-bond donors (Lipinski definition) is 1. The van der Waals surface area contributed by atoms with Crippen LogP contribution in [0.3, 0.4) is 0 Å². The number of methoxy groups -OCH3 is 1. The van der Waals surface area contributed by atoms with Crippen LogP contribution in [-0.2, 0) is 10.3 Å². The third-order valence-corrected chi connectivity index (χ3v) is 10.2. The zero-order chi connectivity index (χ0) is 31.2. The van der Waals surface area contributed by atoms with Gasteiger partial charge < -0.3 is 15.0 Å². The second-order valence-corrected chi connectivity index (χ2v) is 13.7. The van der Waals surface area contributed by atoms with Gasteiger partial charge in [0.2, 0.25) is 0 Å². The molecule has 9 heteroatoms. The van der Waals surface area contributed by atoms with E-state index in [1.165, 1.54) is 11.3 Å². The largest absolute Gasteiger partial charge is 0.501 e. The summed E-state index contributed by atoms with van der Waals surface area (Å²) in [6, 6.07) is 9.90. The summed E-state index contributed by atoms with van der Waals surface area (Å²) in [7, 11) is 1.66. The molecule has 7 nitrogen and oxygen atoms in total. The van der Waals surface area contributed by atoms with Gasteiger partial charge in [0.1, 0.15) is 5.01 Å². The summed E-state index contributed by atoms with van der Waals surface area (Å²) in [5, 5.41) is 6.81. The van der Waals surface area contributed by atoms with Gasteiger partial charge in [0.05, 0.1) is 40.9 Å². The smallest absolute Gasteiger partial charge is 0.262 e. The first-order chi connectivity index (χ1) is 21.1. The number of thiazole rings is 1. The molecule has 0 saturated carbocycles. The number of aromatic nitrogens is 2. The highest BCUT2D eigenvalue weighted by Gasteiger charge is 2.40. The Kier molecular flexibility index (Phi) is 8.44. The molecule has 1 aromatic carbocycles. The first-order valence-electron chi connectivity index (χ1n) is 15.3. The molecule has 0 radical (unpaired) electrons. The van der Waals surface area contributed by atoms with Gasteiger partial charge >= 0.3 is 0 Å². The van der Waals surface area contributed by atoms with E-state index in [0.717, 1.165) is 47.4 Å². The summed E-state index contributed by atoms with van der Waals surface area (Å²) in [5.74, 6) is 0.736. The highest BCUT2D eigenvalue weighted by Crippen LogP contribution is 2.40. The standard InChI is InChI=1S/C35H39ClN4O3S/c1-6-23-9-14-27(43-5)17-35(23,4)40-31(15-21(2)3)28(33(41)39-18-25-12-13-26(19-39)37-25)16-29(34(40)42)32-38-30(20-44-32)22-7-10-24(36)11-8-22/h7-11,14-16,20,25-26,37H,6,12-13,17-19H2,1-5H3/t25?,26?,35-/m0/s1. The Morgan fingerprint density at radius 3 is 2.52 bits per heavy atom. The lowest BCUT2D eigenvalue weighted by Gasteiger charge is -2.39. The highest BCUT2D eigenvalue weighted by molar-refractivity contribution is 7.13. The van der Waals surface area contributed by atoms with Gasteiger partial charge in [-0.15, -0.1) is 11.3 Å². The van der Waals surface area contributed by atoms with E-state index in [2.05, 4.69) is 25.2 Å². The number of allylic oxidation sites excluding steroid dienone is 5. The van der Waals surface area contributed by atoms with Crippen molar-refractivity contribution >= 4 is 34.9 Å². The maximum atomic E-state index is 14.8. The van der Waals surface area contributed by atoms with Crippen molar-refractivity contribution in [3.8, 4) is 21.8 Å².